The lowest BCUT2D eigenvalue weighted by Gasteiger charge is -2.14. The minimum Gasteiger partial charge on any atom is -0.387 e. The Kier molecular flexibility index (Phi) is 3.85. The van der Waals surface area contributed by atoms with Crippen molar-refractivity contribution in [1.29, 1.82) is 0 Å². The van der Waals surface area contributed by atoms with Gasteiger partial charge in [0.2, 0.25) is 0 Å². The van der Waals surface area contributed by atoms with Gasteiger partial charge in [-0.05, 0) is 43.0 Å². The summed E-state index contributed by atoms with van der Waals surface area (Å²) < 4.78 is 0. The Bertz CT molecular complexity index is 559. The van der Waals surface area contributed by atoms with Crippen LogP contribution in [-0.4, -0.2) is 12.0 Å². The van der Waals surface area contributed by atoms with Gasteiger partial charge in [-0.15, -0.1) is 0 Å². The zero-order valence-corrected chi connectivity index (χ0v) is 11.8. The maximum atomic E-state index is 4.76. The van der Waals surface area contributed by atoms with Crippen LogP contribution in [0.5, 0.6) is 0 Å². The summed E-state index contributed by atoms with van der Waals surface area (Å²) in [6.07, 6.45) is 3.29. The first kappa shape index (κ1) is 12.9. The highest BCUT2D eigenvalue weighted by molar-refractivity contribution is 5.93. The molecule has 0 saturated heterocycles. The molecule has 0 aliphatic carbocycles. The van der Waals surface area contributed by atoms with E-state index in [1.54, 1.807) is 0 Å². The second kappa shape index (κ2) is 5.38. The van der Waals surface area contributed by atoms with Gasteiger partial charge in [-0.3, -0.25) is 4.98 Å². The molecule has 2 heteroatoms. The lowest BCUT2D eigenvalue weighted by Crippen LogP contribution is -2.01. The lowest BCUT2D eigenvalue weighted by molar-refractivity contribution is 0.923. The van der Waals surface area contributed by atoms with Crippen molar-refractivity contribution in [1.82, 2.24) is 4.98 Å². The average molecular weight is 242 g/mol. The van der Waals surface area contributed by atoms with Gasteiger partial charge in [-0.2, -0.15) is 0 Å². The predicted octanol–water partition coefficient (Wildman–Crippen LogP) is 4.10. The first-order valence-corrected chi connectivity index (χ1v) is 6.81. The highest BCUT2D eigenvalue weighted by Crippen LogP contribution is 2.29. The predicted molar refractivity (Wildman–Crippen MR) is 79.4 cm³/mol. The topological polar surface area (TPSA) is 24.9 Å². The number of hydrogen-bond donors (Lipinski definition) is 1. The van der Waals surface area contributed by atoms with E-state index in [9.17, 15) is 0 Å². The Morgan fingerprint density at radius 1 is 1.22 bits per heavy atom. The minimum absolute atomic E-state index is 0.979. The van der Waals surface area contributed by atoms with Gasteiger partial charge in [0.15, 0.2) is 0 Å². The second-order valence-electron chi connectivity index (χ2n) is 4.76. The summed E-state index contributed by atoms with van der Waals surface area (Å²) in [5.41, 5.74) is 6.19. The average Bonchev–Trinajstić information content (AvgIpc) is 2.38. The van der Waals surface area contributed by atoms with Crippen LogP contribution in [-0.2, 0) is 12.8 Å². The molecule has 0 aliphatic heterocycles. The number of rotatable bonds is 4. The van der Waals surface area contributed by atoms with E-state index in [2.05, 4.69) is 44.3 Å². The van der Waals surface area contributed by atoms with E-state index in [1.165, 1.54) is 34.3 Å². The number of fused-ring (bicyclic) bond motifs is 1. The summed E-state index contributed by atoms with van der Waals surface area (Å²) in [5, 5.41) is 4.59. The third kappa shape index (κ3) is 2.20. The number of anilines is 1. The lowest BCUT2D eigenvalue weighted by atomic mass is 10.0. The molecule has 0 spiro atoms. The molecule has 1 heterocycles. The summed E-state index contributed by atoms with van der Waals surface area (Å²) in [4.78, 5) is 4.76. The molecule has 1 N–H and O–H groups in total. The van der Waals surface area contributed by atoms with E-state index in [0.717, 1.165) is 18.4 Å². The van der Waals surface area contributed by atoms with E-state index in [4.69, 9.17) is 4.98 Å². The number of aryl methyl sites for hydroxylation is 2. The number of aromatic nitrogens is 1. The van der Waals surface area contributed by atoms with Gasteiger partial charge in [0.05, 0.1) is 5.52 Å². The van der Waals surface area contributed by atoms with Gasteiger partial charge in [-0.1, -0.05) is 26.3 Å². The van der Waals surface area contributed by atoms with Crippen LogP contribution in [0.15, 0.2) is 18.2 Å². The molecule has 0 atom stereocenters. The number of nitrogens with one attached hydrogen (secondary N) is 1. The summed E-state index contributed by atoms with van der Waals surface area (Å²) in [5.74, 6) is 0. The highest BCUT2D eigenvalue weighted by atomic mass is 14.8. The SMILES string of the molecule is CCCc1ccc2nc(CC)c(C)c(NC)c2c1. The maximum Gasteiger partial charge on any atom is 0.0726 e. The summed E-state index contributed by atoms with van der Waals surface area (Å²) in [6, 6.07) is 6.64. The molecule has 1 aromatic heterocycles. The zero-order valence-electron chi connectivity index (χ0n) is 11.8. The summed E-state index contributed by atoms with van der Waals surface area (Å²) in [6.45, 7) is 6.53. The molecule has 0 bridgehead atoms. The fourth-order valence-corrected chi connectivity index (χ4v) is 2.57. The molecule has 2 rings (SSSR count). The van der Waals surface area contributed by atoms with Crippen LogP contribution in [0.1, 0.15) is 37.1 Å². The molecule has 0 fully saturated rings. The molecule has 18 heavy (non-hydrogen) atoms. The molecule has 0 aliphatic rings. The van der Waals surface area contributed by atoms with Gasteiger partial charge in [0, 0.05) is 23.8 Å². The van der Waals surface area contributed by atoms with Crippen LogP contribution in [0.2, 0.25) is 0 Å². The van der Waals surface area contributed by atoms with Crippen LogP contribution in [0.25, 0.3) is 10.9 Å². The Morgan fingerprint density at radius 3 is 2.61 bits per heavy atom. The highest BCUT2D eigenvalue weighted by Gasteiger charge is 2.10. The molecule has 96 valence electrons. The fraction of sp³-hybridized carbons (Fsp3) is 0.438. The van der Waals surface area contributed by atoms with Crippen LogP contribution in [0.3, 0.4) is 0 Å². The monoisotopic (exact) mass is 242 g/mol. The van der Waals surface area contributed by atoms with Crippen LogP contribution in [0, 0.1) is 6.92 Å². The third-order valence-electron chi connectivity index (χ3n) is 3.52. The van der Waals surface area contributed by atoms with Crippen molar-refractivity contribution in [2.45, 2.75) is 40.0 Å². The van der Waals surface area contributed by atoms with Crippen molar-refractivity contribution in [3.63, 3.8) is 0 Å². The molecule has 1 aromatic carbocycles. The van der Waals surface area contributed by atoms with Crippen LogP contribution >= 0.6 is 0 Å². The molecular weight excluding hydrogens is 220 g/mol. The number of nitrogens with zero attached hydrogens (tertiary/aromatic N) is 1. The molecule has 2 nitrogen and oxygen atoms in total. The molecule has 2 aromatic rings. The standard InChI is InChI=1S/C16H22N2/c1-5-7-12-8-9-15-13(10-12)16(17-4)11(3)14(6-2)18-15/h8-10H,5-7H2,1-4H3,(H,17,18). The molecule has 0 amide bonds. The van der Waals surface area contributed by atoms with Crippen molar-refractivity contribution >= 4 is 16.6 Å². The fourth-order valence-electron chi connectivity index (χ4n) is 2.57. The second-order valence-corrected chi connectivity index (χ2v) is 4.76. The van der Waals surface area contributed by atoms with E-state index >= 15 is 0 Å². The largest absolute Gasteiger partial charge is 0.387 e. The zero-order chi connectivity index (χ0) is 13.1. The van der Waals surface area contributed by atoms with Crippen molar-refractivity contribution < 1.29 is 0 Å². The Hall–Kier alpha value is -1.57. The van der Waals surface area contributed by atoms with Crippen molar-refractivity contribution in [2.75, 3.05) is 12.4 Å². The molecule has 0 radical (unpaired) electrons. The van der Waals surface area contributed by atoms with Crippen LogP contribution in [0.4, 0.5) is 5.69 Å². The van der Waals surface area contributed by atoms with Gasteiger partial charge in [0.1, 0.15) is 0 Å². The van der Waals surface area contributed by atoms with E-state index in [1.807, 2.05) is 7.05 Å². The van der Waals surface area contributed by atoms with Gasteiger partial charge >= 0.3 is 0 Å². The normalized spacial score (nSPS) is 10.9. The first-order chi connectivity index (χ1) is 8.71. The molecule has 0 saturated carbocycles. The number of hydrogen-bond acceptors (Lipinski definition) is 2. The smallest absolute Gasteiger partial charge is 0.0726 e. The van der Waals surface area contributed by atoms with Crippen molar-refractivity contribution in [3.05, 3.63) is 35.0 Å². The summed E-state index contributed by atoms with van der Waals surface area (Å²) in [7, 11) is 1.99. The van der Waals surface area contributed by atoms with Crippen molar-refractivity contribution in [2.24, 2.45) is 0 Å². The van der Waals surface area contributed by atoms with E-state index in [0.29, 0.717) is 0 Å². The Labute approximate surface area is 109 Å². The van der Waals surface area contributed by atoms with Crippen LogP contribution < -0.4 is 5.32 Å². The quantitative estimate of drug-likeness (QED) is 0.873. The summed E-state index contributed by atoms with van der Waals surface area (Å²) >= 11 is 0. The maximum absolute atomic E-state index is 4.76. The third-order valence-corrected chi connectivity index (χ3v) is 3.52. The van der Waals surface area contributed by atoms with Gasteiger partial charge in [0.25, 0.3) is 0 Å². The first-order valence-electron chi connectivity index (χ1n) is 6.81. The number of pyridine rings is 1. The molecular formula is C16H22N2. The van der Waals surface area contributed by atoms with Gasteiger partial charge < -0.3 is 5.32 Å². The Morgan fingerprint density at radius 2 is 2.00 bits per heavy atom. The molecule has 0 unspecified atom stereocenters. The number of benzene rings is 1. The van der Waals surface area contributed by atoms with Crippen molar-refractivity contribution in [3.8, 4) is 0 Å². The minimum atomic E-state index is 0.979. The van der Waals surface area contributed by atoms with E-state index in [-0.39, 0.29) is 0 Å². The van der Waals surface area contributed by atoms with Gasteiger partial charge in [-0.25, -0.2) is 0 Å². The van der Waals surface area contributed by atoms with E-state index < -0.39 is 0 Å². The Balaban J connectivity index is 2.69.